The highest BCUT2D eigenvalue weighted by atomic mass is 32.2. The molecule has 0 aliphatic rings. The van der Waals surface area contributed by atoms with Crippen LogP contribution >= 0.6 is 0 Å². The average Bonchev–Trinajstić information content (AvgIpc) is 3.24. The van der Waals surface area contributed by atoms with E-state index in [9.17, 15) is 17.2 Å². The van der Waals surface area contributed by atoms with Gasteiger partial charge in [0, 0.05) is 30.7 Å². The van der Waals surface area contributed by atoms with Crippen molar-refractivity contribution in [2.24, 2.45) is 0 Å². The van der Waals surface area contributed by atoms with Gasteiger partial charge < -0.3 is 0 Å². The molecule has 0 bridgehead atoms. The fourth-order valence-corrected chi connectivity index (χ4v) is 5.42. The summed E-state index contributed by atoms with van der Waals surface area (Å²) >= 11 is 0. The standard InChI is InChI=1S/C24H19F4N3O2S/c1-3-14-11-19(27)21(23-17(13-31(4-2)30-23)15-7-9-29-10-8-15)22(28)24(14)34(32,33)20-12-16(25)5-6-18(20)26/h5-13H,3-4H2,1-2H3. The van der Waals surface area contributed by atoms with Crippen LogP contribution in [0.15, 0.2) is 64.8 Å². The summed E-state index contributed by atoms with van der Waals surface area (Å²) in [6.07, 6.45) is 4.51. The van der Waals surface area contributed by atoms with Gasteiger partial charge >= 0.3 is 0 Å². The van der Waals surface area contributed by atoms with Gasteiger partial charge in [-0.15, -0.1) is 0 Å². The lowest BCUT2D eigenvalue weighted by atomic mass is 10.00. The first-order chi connectivity index (χ1) is 16.2. The summed E-state index contributed by atoms with van der Waals surface area (Å²) in [6.45, 7) is 3.67. The molecule has 0 fully saturated rings. The SMILES string of the molecule is CCc1cc(F)c(-c2nn(CC)cc2-c2ccncc2)c(F)c1S(=O)(=O)c1cc(F)ccc1F. The Kier molecular flexibility index (Phi) is 6.26. The molecule has 0 spiro atoms. The summed E-state index contributed by atoms with van der Waals surface area (Å²) in [6, 6.07) is 6.00. The maximum absolute atomic E-state index is 16.0. The summed E-state index contributed by atoms with van der Waals surface area (Å²) in [5.41, 5.74) is -0.0912. The van der Waals surface area contributed by atoms with Crippen molar-refractivity contribution in [1.82, 2.24) is 14.8 Å². The normalized spacial score (nSPS) is 11.7. The van der Waals surface area contributed by atoms with E-state index >= 15 is 8.78 Å². The molecule has 0 aliphatic carbocycles. The van der Waals surface area contributed by atoms with Gasteiger partial charge in [0.2, 0.25) is 9.84 Å². The van der Waals surface area contributed by atoms with Crippen LogP contribution in [0.3, 0.4) is 0 Å². The van der Waals surface area contributed by atoms with Gasteiger partial charge in [0.1, 0.15) is 32.9 Å². The van der Waals surface area contributed by atoms with Crippen LogP contribution in [0.25, 0.3) is 22.4 Å². The number of pyridine rings is 1. The van der Waals surface area contributed by atoms with Crippen molar-refractivity contribution in [3.05, 3.63) is 83.8 Å². The maximum atomic E-state index is 16.0. The van der Waals surface area contributed by atoms with Gasteiger partial charge in [0.15, 0.2) is 5.82 Å². The third-order valence-corrected chi connectivity index (χ3v) is 7.27. The first-order valence-corrected chi connectivity index (χ1v) is 11.9. The summed E-state index contributed by atoms with van der Waals surface area (Å²) in [5.74, 6) is -4.70. The van der Waals surface area contributed by atoms with Crippen molar-refractivity contribution in [2.75, 3.05) is 0 Å². The summed E-state index contributed by atoms with van der Waals surface area (Å²) in [7, 11) is -4.89. The monoisotopic (exact) mass is 489 g/mol. The third-order valence-electron chi connectivity index (χ3n) is 5.40. The molecule has 2 heterocycles. The van der Waals surface area contributed by atoms with E-state index in [4.69, 9.17) is 0 Å². The molecule has 4 rings (SSSR count). The molecule has 0 N–H and O–H groups in total. The predicted molar refractivity (Wildman–Crippen MR) is 118 cm³/mol. The Balaban J connectivity index is 2.05. The Hall–Kier alpha value is -3.53. The molecule has 2 aromatic heterocycles. The predicted octanol–water partition coefficient (Wildman–Crippen LogP) is 5.58. The quantitative estimate of drug-likeness (QED) is 0.262. The molecule has 0 amide bonds. The van der Waals surface area contributed by atoms with E-state index in [0.717, 1.165) is 12.1 Å². The van der Waals surface area contributed by atoms with Crippen molar-refractivity contribution in [3.8, 4) is 22.4 Å². The zero-order valence-electron chi connectivity index (χ0n) is 18.2. The number of aromatic nitrogens is 3. The average molecular weight is 489 g/mol. The Morgan fingerprint density at radius 2 is 1.65 bits per heavy atom. The minimum atomic E-state index is -4.89. The highest BCUT2D eigenvalue weighted by molar-refractivity contribution is 7.91. The van der Waals surface area contributed by atoms with Crippen molar-refractivity contribution in [3.63, 3.8) is 0 Å². The molecule has 2 aromatic carbocycles. The van der Waals surface area contributed by atoms with Gasteiger partial charge in [-0.25, -0.2) is 26.0 Å². The highest BCUT2D eigenvalue weighted by Crippen LogP contribution is 2.39. The lowest BCUT2D eigenvalue weighted by molar-refractivity contribution is 0.534. The number of aryl methyl sites for hydroxylation is 2. The van der Waals surface area contributed by atoms with E-state index in [2.05, 4.69) is 10.1 Å². The highest BCUT2D eigenvalue weighted by Gasteiger charge is 2.33. The van der Waals surface area contributed by atoms with Crippen LogP contribution in [0.5, 0.6) is 0 Å². The van der Waals surface area contributed by atoms with Crippen molar-refractivity contribution >= 4 is 9.84 Å². The number of benzene rings is 2. The molecule has 176 valence electrons. The van der Waals surface area contributed by atoms with Crippen LogP contribution in [0.2, 0.25) is 0 Å². The number of sulfone groups is 1. The largest absolute Gasteiger partial charge is 0.272 e. The lowest BCUT2D eigenvalue weighted by Crippen LogP contribution is -2.13. The summed E-state index contributed by atoms with van der Waals surface area (Å²) in [5, 5.41) is 4.27. The second-order valence-corrected chi connectivity index (χ2v) is 9.31. The molecule has 5 nitrogen and oxygen atoms in total. The fraction of sp³-hybridized carbons (Fsp3) is 0.167. The Morgan fingerprint density at radius 3 is 2.29 bits per heavy atom. The Morgan fingerprint density at radius 1 is 0.941 bits per heavy atom. The number of halogens is 4. The van der Waals surface area contributed by atoms with Gasteiger partial charge in [-0.2, -0.15) is 5.10 Å². The van der Waals surface area contributed by atoms with Crippen LogP contribution in [-0.4, -0.2) is 23.2 Å². The first-order valence-electron chi connectivity index (χ1n) is 10.4. The zero-order valence-corrected chi connectivity index (χ0v) is 19.0. The van der Waals surface area contributed by atoms with Crippen LogP contribution in [-0.2, 0) is 22.8 Å². The van der Waals surface area contributed by atoms with Gasteiger partial charge in [0.05, 0.1) is 5.56 Å². The second-order valence-electron chi connectivity index (χ2n) is 7.45. The van der Waals surface area contributed by atoms with Crippen LogP contribution in [0, 0.1) is 23.3 Å². The van der Waals surface area contributed by atoms with Crippen LogP contribution < -0.4 is 0 Å². The Bertz CT molecular complexity index is 1490. The molecule has 34 heavy (non-hydrogen) atoms. The van der Waals surface area contributed by atoms with Gasteiger partial charge in [-0.1, -0.05) is 6.92 Å². The number of hydrogen-bond donors (Lipinski definition) is 0. The maximum Gasteiger partial charge on any atom is 0.212 e. The molecular weight excluding hydrogens is 470 g/mol. The molecule has 0 saturated heterocycles. The smallest absolute Gasteiger partial charge is 0.212 e. The molecule has 0 aliphatic heterocycles. The number of rotatable bonds is 6. The minimum absolute atomic E-state index is 0.0692. The van der Waals surface area contributed by atoms with E-state index in [1.54, 1.807) is 25.3 Å². The van der Waals surface area contributed by atoms with E-state index < -0.39 is 48.5 Å². The van der Waals surface area contributed by atoms with E-state index in [0.29, 0.717) is 29.8 Å². The van der Waals surface area contributed by atoms with E-state index in [-0.39, 0.29) is 17.7 Å². The first kappa shape index (κ1) is 23.6. The molecule has 0 radical (unpaired) electrons. The van der Waals surface area contributed by atoms with Crippen molar-refractivity contribution in [2.45, 2.75) is 36.6 Å². The second kappa shape index (κ2) is 9.02. The van der Waals surface area contributed by atoms with Crippen LogP contribution in [0.4, 0.5) is 17.6 Å². The fourth-order valence-electron chi connectivity index (χ4n) is 3.72. The number of hydrogen-bond acceptors (Lipinski definition) is 4. The van der Waals surface area contributed by atoms with Crippen LogP contribution in [0.1, 0.15) is 19.4 Å². The topological polar surface area (TPSA) is 64.8 Å². The van der Waals surface area contributed by atoms with E-state index in [1.807, 2.05) is 0 Å². The van der Waals surface area contributed by atoms with Crippen molar-refractivity contribution in [1.29, 1.82) is 0 Å². The molecule has 10 heteroatoms. The van der Waals surface area contributed by atoms with Gasteiger partial charge in [0.25, 0.3) is 0 Å². The molecule has 4 aromatic rings. The molecule has 0 unspecified atom stereocenters. The molecular formula is C24H19F4N3O2S. The van der Waals surface area contributed by atoms with Crippen molar-refractivity contribution < 1.29 is 26.0 Å². The van der Waals surface area contributed by atoms with Gasteiger partial charge in [-0.05, 0) is 60.9 Å². The number of nitrogens with zero attached hydrogens (tertiary/aromatic N) is 3. The van der Waals surface area contributed by atoms with E-state index in [1.165, 1.54) is 24.0 Å². The lowest BCUT2D eigenvalue weighted by Gasteiger charge is -2.15. The summed E-state index contributed by atoms with van der Waals surface area (Å²) < 4.78 is 87.5. The van der Waals surface area contributed by atoms with Gasteiger partial charge in [-0.3, -0.25) is 9.67 Å². The third kappa shape index (κ3) is 3.98. The molecule has 0 saturated carbocycles. The minimum Gasteiger partial charge on any atom is -0.272 e. The zero-order chi connectivity index (χ0) is 24.6. The molecule has 0 atom stereocenters. The summed E-state index contributed by atoms with van der Waals surface area (Å²) in [4.78, 5) is 1.98. The Labute approximate surface area is 193 Å².